The van der Waals surface area contributed by atoms with E-state index in [0.717, 1.165) is 12.5 Å². The molecule has 1 unspecified atom stereocenters. The number of aryl methyl sites for hydroxylation is 1. The van der Waals surface area contributed by atoms with Crippen LogP contribution < -0.4 is 16.0 Å². The molecule has 11 heteroatoms. The number of nitrogens with zero attached hydrogens (tertiary/aromatic N) is 2. The lowest BCUT2D eigenvalue weighted by Gasteiger charge is -2.29. The zero-order valence-electron chi connectivity index (χ0n) is 24.1. The molecule has 3 N–H and O–H groups in total. The van der Waals surface area contributed by atoms with Crippen LogP contribution in [0.25, 0.3) is 0 Å². The van der Waals surface area contributed by atoms with Crippen LogP contribution in [0.1, 0.15) is 69.2 Å². The number of carbonyl (C=O) groups excluding carboxylic acids is 1. The normalized spacial score (nSPS) is 17.0. The predicted molar refractivity (Wildman–Crippen MR) is 152 cm³/mol. The predicted octanol–water partition coefficient (Wildman–Crippen LogP) is 6.43. The summed E-state index contributed by atoms with van der Waals surface area (Å²) in [4.78, 5) is 17.5. The number of halogens is 5. The Hall–Kier alpha value is -3.31. The average molecular weight is 592 g/mol. The number of carbonyl (C=O) groups is 1. The van der Waals surface area contributed by atoms with Crippen LogP contribution in [0.4, 0.5) is 27.8 Å². The summed E-state index contributed by atoms with van der Waals surface area (Å²) in [7, 11) is 0. The molecule has 4 rings (SSSR count). The first kappa shape index (κ1) is 31.6. The molecule has 42 heavy (non-hydrogen) atoms. The van der Waals surface area contributed by atoms with Crippen LogP contribution in [0.15, 0.2) is 55.0 Å². The number of aromatic nitrogens is 2. The maximum Gasteiger partial charge on any atom is 0.407 e. The summed E-state index contributed by atoms with van der Waals surface area (Å²) >= 11 is 0. The highest BCUT2D eigenvalue weighted by Gasteiger charge is 2.40. The number of alkyl halides is 3. The highest BCUT2D eigenvalue weighted by Crippen LogP contribution is 2.33. The molecule has 1 aliphatic rings. The van der Waals surface area contributed by atoms with E-state index in [-0.39, 0.29) is 24.1 Å². The van der Waals surface area contributed by atoms with Gasteiger partial charge in [0, 0.05) is 23.8 Å². The molecular formula is C31H38F5N5O. The molecule has 1 aliphatic carbocycles. The number of hydrogen-bond donors (Lipinski definition) is 3. The van der Waals surface area contributed by atoms with Gasteiger partial charge in [0.2, 0.25) is 5.91 Å². The van der Waals surface area contributed by atoms with Crippen LogP contribution in [0, 0.1) is 11.6 Å². The van der Waals surface area contributed by atoms with E-state index in [4.69, 9.17) is 0 Å². The molecule has 1 amide bonds. The van der Waals surface area contributed by atoms with Gasteiger partial charge in [0.1, 0.15) is 17.7 Å². The van der Waals surface area contributed by atoms with E-state index < -0.39 is 35.4 Å². The highest BCUT2D eigenvalue weighted by atomic mass is 19.4. The van der Waals surface area contributed by atoms with Crippen molar-refractivity contribution in [3.05, 3.63) is 83.3 Å². The van der Waals surface area contributed by atoms with Crippen molar-refractivity contribution in [3.8, 4) is 0 Å². The third-order valence-corrected chi connectivity index (χ3v) is 7.87. The smallest absolute Gasteiger partial charge is 0.330 e. The molecular weight excluding hydrogens is 553 g/mol. The van der Waals surface area contributed by atoms with Crippen LogP contribution in [0.5, 0.6) is 0 Å². The molecule has 0 bridgehead atoms. The van der Waals surface area contributed by atoms with Gasteiger partial charge in [0.15, 0.2) is 5.82 Å². The van der Waals surface area contributed by atoms with E-state index in [0.29, 0.717) is 49.0 Å². The standard InChI is InChI=1S/C31H38F5N5O/c1-4-8-26(39-23-12-11-21-15-22(32)16-25(33)24(21)17-23)29(42)40-27-18-41(19-38-27)30(2,3)13-14-37-28(31(34,35)36)20-9-6-5-7-10-20/h5-7,9-10,15-16,18-19,23,26,28,37,39H,4,8,11-14,17H2,1-3H3,(H,40,42)/t23?,26-,28-/m0/s1. The second-order valence-corrected chi connectivity index (χ2v) is 11.5. The van der Waals surface area contributed by atoms with Gasteiger partial charge in [0.05, 0.1) is 12.4 Å². The van der Waals surface area contributed by atoms with Gasteiger partial charge in [0.25, 0.3) is 0 Å². The number of anilines is 1. The summed E-state index contributed by atoms with van der Waals surface area (Å²) in [5.74, 6) is -1.09. The lowest BCUT2D eigenvalue weighted by Crippen LogP contribution is -2.48. The second-order valence-electron chi connectivity index (χ2n) is 11.5. The third-order valence-electron chi connectivity index (χ3n) is 7.87. The largest absolute Gasteiger partial charge is 0.407 e. The number of amides is 1. The Morgan fingerprint density at radius 2 is 1.88 bits per heavy atom. The van der Waals surface area contributed by atoms with Crippen molar-refractivity contribution in [3.63, 3.8) is 0 Å². The summed E-state index contributed by atoms with van der Waals surface area (Å²) < 4.78 is 70.8. The van der Waals surface area contributed by atoms with Gasteiger partial charge >= 0.3 is 6.18 Å². The summed E-state index contributed by atoms with van der Waals surface area (Å²) in [5.41, 5.74) is 0.716. The van der Waals surface area contributed by atoms with Gasteiger partial charge < -0.3 is 20.5 Å². The maximum absolute atomic E-state index is 14.4. The van der Waals surface area contributed by atoms with Crippen LogP contribution in [0.2, 0.25) is 0 Å². The summed E-state index contributed by atoms with van der Waals surface area (Å²) in [6.07, 6.45) is 1.99. The van der Waals surface area contributed by atoms with Crippen molar-refractivity contribution >= 4 is 11.7 Å². The van der Waals surface area contributed by atoms with Gasteiger partial charge in [-0.15, -0.1) is 0 Å². The summed E-state index contributed by atoms with van der Waals surface area (Å²) in [6.45, 7) is 5.85. The van der Waals surface area contributed by atoms with Gasteiger partial charge in [-0.2, -0.15) is 13.2 Å². The van der Waals surface area contributed by atoms with Crippen molar-refractivity contribution in [2.75, 3.05) is 11.9 Å². The fourth-order valence-electron chi connectivity index (χ4n) is 5.44. The topological polar surface area (TPSA) is 71.0 Å². The molecule has 3 aromatic rings. The van der Waals surface area contributed by atoms with Gasteiger partial charge in [-0.1, -0.05) is 43.7 Å². The van der Waals surface area contributed by atoms with E-state index in [1.165, 1.54) is 18.2 Å². The van der Waals surface area contributed by atoms with Gasteiger partial charge in [-0.25, -0.2) is 13.8 Å². The molecule has 3 atom stereocenters. The Balaban J connectivity index is 1.35. The molecule has 0 spiro atoms. The SMILES string of the molecule is CCC[C@H](NC1CCc2cc(F)cc(F)c2C1)C(=O)Nc1cn(C(C)(C)CCN[C@@H](c2ccccc2)C(F)(F)F)cn1. The number of hydrogen-bond acceptors (Lipinski definition) is 4. The first-order valence-electron chi connectivity index (χ1n) is 14.3. The monoisotopic (exact) mass is 591 g/mol. The summed E-state index contributed by atoms with van der Waals surface area (Å²) in [5, 5.41) is 8.84. The zero-order valence-corrected chi connectivity index (χ0v) is 24.1. The minimum absolute atomic E-state index is 0.103. The van der Waals surface area contributed by atoms with Crippen LogP contribution in [-0.4, -0.2) is 40.3 Å². The minimum atomic E-state index is -4.44. The molecule has 0 radical (unpaired) electrons. The first-order valence-corrected chi connectivity index (χ1v) is 14.3. The highest BCUT2D eigenvalue weighted by molar-refractivity contribution is 5.94. The molecule has 0 saturated carbocycles. The van der Waals surface area contributed by atoms with Crippen LogP contribution >= 0.6 is 0 Å². The van der Waals surface area contributed by atoms with Crippen molar-refractivity contribution < 1.29 is 26.7 Å². The fourth-order valence-corrected chi connectivity index (χ4v) is 5.44. The first-order chi connectivity index (χ1) is 19.9. The number of nitrogens with one attached hydrogen (secondary N) is 3. The average Bonchev–Trinajstić information content (AvgIpc) is 3.40. The quantitative estimate of drug-likeness (QED) is 0.212. The van der Waals surface area contributed by atoms with Gasteiger partial charge in [-0.05, 0) is 75.3 Å². The Morgan fingerprint density at radius 3 is 2.57 bits per heavy atom. The van der Waals surface area contributed by atoms with Crippen LogP contribution in [-0.2, 0) is 23.2 Å². The Labute approximate surface area is 243 Å². The van der Waals surface area contributed by atoms with Crippen molar-refractivity contribution in [1.82, 2.24) is 20.2 Å². The fraction of sp³-hybridized carbons (Fsp3) is 0.484. The Kier molecular flexibility index (Phi) is 10.0. The molecule has 2 aromatic carbocycles. The number of rotatable bonds is 12. The Morgan fingerprint density at radius 1 is 1.14 bits per heavy atom. The number of imidazole rings is 1. The molecule has 1 aromatic heterocycles. The number of fused-ring (bicyclic) bond motifs is 1. The molecule has 1 heterocycles. The van der Waals surface area contributed by atoms with Crippen molar-refractivity contribution in [2.45, 2.75) is 89.1 Å². The van der Waals surface area contributed by atoms with E-state index in [1.807, 2.05) is 20.8 Å². The zero-order chi connectivity index (χ0) is 30.5. The van der Waals surface area contributed by atoms with Gasteiger partial charge in [-0.3, -0.25) is 4.79 Å². The molecule has 0 fully saturated rings. The molecule has 0 aliphatic heterocycles. The molecule has 6 nitrogen and oxygen atoms in total. The molecule has 0 saturated heterocycles. The second kappa shape index (κ2) is 13.3. The number of benzene rings is 2. The van der Waals surface area contributed by atoms with E-state index in [2.05, 4.69) is 20.9 Å². The van der Waals surface area contributed by atoms with E-state index >= 15 is 0 Å². The van der Waals surface area contributed by atoms with Crippen LogP contribution in [0.3, 0.4) is 0 Å². The van der Waals surface area contributed by atoms with Crippen molar-refractivity contribution in [2.24, 2.45) is 0 Å². The molecule has 228 valence electrons. The lowest BCUT2D eigenvalue weighted by atomic mass is 9.87. The van der Waals surface area contributed by atoms with Crippen molar-refractivity contribution in [1.29, 1.82) is 0 Å². The maximum atomic E-state index is 14.4. The third kappa shape index (κ3) is 7.95. The summed E-state index contributed by atoms with van der Waals surface area (Å²) in [6, 6.07) is 7.56. The minimum Gasteiger partial charge on any atom is -0.330 e. The lowest BCUT2D eigenvalue weighted by molar-refractivity contribution is -0.157. The van der Waals surface area contributed by atoms with E-state index in [1.54, 1.807) is 35.3 Å². The van der Waals surface area contributed by atoms with E-state index in [9.17, 15) is 26.7 Å². The Bertz CT molecular complexity index is 1340.